The summed E-state index contributed by atoms with van der Waals surface area (Å²) in [5.41, 5.74) is 0. The number of unbranched alkanes of at least 4 members (excludes halogenated alkanes) is 4. The van der Waals surface area contributed by atoms with E-state index in [0.717, 1.165) is 0 Å². The Balaban J connectivity index is 0. The second kappa shape index (κ2) is 13.7. The molecule has 0 saturated carbocycles. The quantitative estimate of drug-likeness (QED) is 0.282. The Labute approximate surface area is 123 Å². The zero-order valence-corrected chi connectivity index (χ0v) is 14.3. The van der Waals surface area contributed by atoms with Gasteiger partial charge in [0.05, 0.1) is 26.2 Å². The number of thiol groups is 1. The van der Waals surface area contributed by atoms with Crippen molar-refractivity contribution >= 4 is 13.5 Å². The van der Waals surface area contributed by atoms with Crippen LogP contribution in [0.2, 0.25) is 0 Å². The van der Waals surface area contributed by atoms with E-state index in [1.54, 1.807) is 0 Å². The number of quaternary nitrogens is 1. The fourth-order valence-electron chi connectivity index (χ4n) is 2.64. The molecule has 1 nitrogen and oxygen atoms in total. The first-order chi connectivity index (χ1) is 8.24. The van der Waals surface area contributed by atoms with Gasteiger partial charge in [0.15, 0.2) is 0 Å². The first kappa shape index (κ1) is 20.6. The molecule has 0 rings (SSSR count). The Bertz CT molecular complexity index is 122. The smallest absolute Gasteiger partial charge is 0.0786 e. The Kier molecular flexibility index (Phi) is 15.7. The van der Waals surface area contributed by atoms with E-state index < -0.39 is 0 Å². The summed E-state index contributed by atoms with van der Waals surface area (Å²) in [6.07, 6.45) is 11.1. The molecule has 0 aromatic carbocycles. The summed E-state index contributed by atoms with van der Waals surface area (Å²) in [6, 6.07) is 0. The van der Waals surface area contributed by atoms with Gasteiger partial charge in [-0.2, -0.15) is 0 Å². The van der Waals surface area contributed by atoms with Crippen LogP contribution in [0.5, 0.6) is 0 Å². The minimum Gasteiger partial charge on any atom is -0.813 e. The van der Waals surface area contributed by atoms with Crippen molar-refractivity contribution in [2.45, 2.75) is 79.1 Å². The highest BCUT2D eigenvalue weighted by atomic mass is 32.1. The predicted octanol–water partition coefficient (Wildman–Crippen LogP) is 4.73. The highest BCUT2D eigenvalue weighted by Gasteiger charge is 2.24. The topological polar surface area (TPSA) is 0 Å². The monoisotopic (exact) mass is 275 g/mol. The van der Waals surface area contributed by atoms with E-state index >= 15 is 0 Å². The Morgan fingerprint density at radius 2 is 0.722 bits per heavy atom. The van der Waals surface area contributed by atoms with E-state index in [-0.39, 0.29) is 13.5 Å². The molecule has 0 amide bonds. The molecule has 0 aliphatic carbocycles. The van der Waals surface area contributed by atoms with Gasteiger partial charge in [-0.15, -0.1) is 0 Å². The van der Waals surface area contributed by atoms with Crippen LogP contribution in [-0.2, 0) is 13.5 Å². The molecule has 0 aromatic heterocycles. The maximum atomic E-state index is 2.33. The molecule has 0 radical (unpaired) electrons. The number of hydrogen-bond donors (Lipinski definition) is 0. The van der Waals surface area contributed by atoms with Gasteiger partial charge in [-0.25, -0.2) is 0 Å². The molecule has 0 aromatic rings. The van der Waals surface area contributed by atoms with Gasteiger partial charge >= 0.3 is 0 Å². The standard InChI is InChI=1S/C16H36N.H2S/c1-5-9-13-17(14-10-6-2,15-11-7-3)16-12-8-4;/h5-16H2,1-4H3;1H2/q+1;/p-1. The molecule has 0 aliphatic heterocycles. The van der Waals surface area contributed by atoms with Crippen LogP contribution in [0.3, 0.4) is 0 Å². The number of rotatable bonds is 12. The Hall–Kier alpha value is 0.310. The Morgan fingerprint density at radius 3 is 0.889 bits per heavy atom. The second-order valence-electron chi connectivity index (χ2n) is 5.65. The molecule has 18 heavy (non-hydrogen) atoms. The fourth-order valence-corrected chi connectivity index (χ4v) is 2.64. The molecule has 0 fully saturated rings. The molecule has 0 bridgehead atoms. The lowest BCUT2D eigenvalue weighted by Crippen LogP contribution is -2.50. The van der Waals surface area contributed by atoms with Gasteiger partial charge in [0.1, 0.15) is 0 Å². The lowest BCUT2D eigenvalue weighted by molar-refractivity contribution is -0.929. The van der Waals surface area contributed by atoms with Crippen LogP contribution < -0.4 is 0 Å². The zero-order chi connectivity index (χ0) is 13.0. The van der Waals surface area contributed by atoms with Crippen molar-refractivity contribution in [1.82, 2.24) is 0 Å². The third-order valence-electron chi connectivity index (χ3n) is 3.94. The molecule has 0 spiro atoms. The van der Waals surface area contributed by atoms with E-state index in [4.69, 9.17) is 0 Å². The predicted molar refractivity (Wildman–Crippen MR) is 88.1 cm³/mol. The zero-order valence-electron chi connectivity index (χ0n) is 13.4. The first-order valence-corrected chi connectivity index (χ1v) is 8.09. The van der Waals surface area contributed by atoms with Crippen molar-refractivity contribution in [3.8, 4) is 0 Å². The van der Waals surface area contributed by atoms with E-state index in [9.17, 15) is 0 Å². The van der Waals surface area contributed by atoms with E-state index in [1.165, 1.54) is 82.0 Å². The lowest BCUT2D eigenvalue weighted by Gasteiger charge is -2.39. The molecule has 2 heteroatoms. The van der Waals surface area contributed by atoms with Gasteiger partial charge in [-0.05, 0) is 25.7 Å². The Morgan fingerprint density at radius 1 is 0.500 bits per heavy atom. The van der Waals surface area contributed by atoms with Crippen molar-refractivity contribution in [3.05, 3.63) is 0 Å². The van der Waals surface area contributed by atoms with Gasteiger partial charge in [0.25, 0.3) is 0 Å². The maximum Gasteiger partial charge on any atom is 0.0786 e. The molecule has 0 saturated heterocycles. The highest BCUT2D eigenvalue weighted by molar-refractivity contribution is 7.37. The largest absolute Gasteiger partial charge is 0.813 e. The van der Waals surface area contributed by atoms with Crippen LogP contribution in [0.15, 0.2) is 0 Å². The van der Waals surface area contributed by atoms with Crippen LogP contribution in [-0.4, -0.2) is 30.7 Å². The normalized spacial score (nSPS) is 11.3. The second-order valence-corrected chi connectivity index (χ2v) is 5.65. The summed E-state index contributed by atoms with van der Waals surface area (Å²) in [5, 5.41) is 0. The summed E-state index contributed by atoms with van der Waals surface area (Å²) < 4.78 is 1.42. The van der Waals surface area contributed by atoms with Crippen LogP contribution in [0.25, 0.3) is 0 Å². The van der Waals surface area contributed by atoms with Gasteiger partial charge < -0.3 is 18.0 Å². The number of nitrogens with zero attached hydrogens (tertiary/aromatic N) is 1. The molecule has 0 atom stereocenters. The number of hydrogen-bond acceptors (Lipinski definition) is 1. The van der Waals surface area contributed by atoms with Crippen molar-refractivity contribution in [3.63, 3.8) is 0 Å². The minimum atomic E-state index is 0. The molecule has 0 heterocycles. The van der Waals surface area contributed by atoms with Crippen molar-refractivity contribution in [2.24, 2.45) is 0 Å². The highest BCUT2D eigenvalue weighted by Crippen LogP contribution is 2.16. The SMILES string of the molecule is CCCC[N+](CCCC)(CCCC)CCCC.[SH-]. The fraction of sp³-hybridized carbons (Fsp3) is 1.00. The first-order valence-electron chi connectivity index (χ1n) is 8.09. The van der Waals surface area contributed by atoms with Gasteiger partial charge in [0.2, 0.25) is 0 Å². The van der Waals surface area contributed by atoms with Crippen molar-refractivity contribution < 1.29 is 4.48 Å². The van der Waals surface area contributed by atoms with Crippen molar-refractivity contribution in [2.75, 3.05) is 26.2 Å². The maximum absolute atomic E-state index is 2.33. The summed E-state index contributed by atoms with van der Waals surface area (Å²) in [5.74, 6) is 0. The molecule has 0 N–H and O–H groups in total. The molecular formula is C16H37NS. The summed E-state index contributed by atoms with van der Waals surface area (Å²) in [7, 11) is 0. The van der Waals surface area contributed by atoms with Crippen LogP contribution in [0.1, 0.15) is 79.1 Å². The van der Waals surface area contributed by atoms with Gasteiger partial charge in [-0.3, -0.25) is 0 Å². The lowest BCUT2D eigenvalue weighted by atomic mass is 10.1. The van der Waals surface area contributed by atoms with Crippen LogP contribution in [0.4, 0.5) is 0 Å². The van der Waals surface area contributed by atoms with E-state index in [2.05, 4.69) is 27.7 Å². The molecule has 112 valence electrons. The van der Waals surface area contributed by atoms with Crippen LogP contribution in [0, 0.1) is 0 Å². The molecule has 0 unspecified atom stereocenters. The summed E-state index contributed by atoms with van der Waals surface area (Å²) >= 11 is 0. The summed E-state index contributed by atoms with van der Waals surface area (Å²) in [4.78, 5) is 0. The van der Waals surface area contributed by atoms with Crippen LogP contribution >= 0.6 is 0 Å². The van der Waals surface area contributed by atoms with Gasteiger partial charge in [0, 0.05) is 0 Å². The third kappa shape index (κ3) is 9.27. The molecule has 0 aliphatic rings. The molecular weight excluding hydrogens is 238 g/mol. The third-order valence-corrected chi connectivity index (χ3v) is 3.94. The van der Waals surface area contributed by atoms with Crippen molar-refractivity contribution in [1.29, 1.82) is 0 Å². The summed E-state index contributed by atoms with van der Waals surface area (Å²) in [6.45, 7) is 15.0. The van der Waals surface area contributed by atoms with Gasteiger partial charge in [-0.1, -0.05) is 53.4 Å². The average Bonchev–Trinajstić information content (AvgIpc) is 2.37. The average molecular weight is 276 g/mol. The minimum absolute atomic E-state index is 0. The van der Waals surface area contributed by atoms with E-state index in [1.807, 2.05) is 0 Å². The van der Waals surface area contributed by atoms with E-state index in [0.29, 0.717) is 0 Å².